The van der Waals surface area contributed by atoms with E-state index in [1.165, 1.54) is 11.8 Å². The average Bonchev–Trinajstić information content (AvgIpc) is 3.27. The molecule has 32 heavy (non-hydrogen) atoms. The van der Waals surface area contributed by atoms with Crippen molar-refractivity contribution in [3.05, 3.63) is 71.0 Å². The van der Waals surface area contributed by atoms with Crippen LogP contribution in [0.3, 0.4) is 0 Å². The summed E-state index contributed by atoms with van der Waals surface area (Å²) in [5, 5.41) is 0.998. The molecule has 0 bridgehead atoms. The van der Waals surface area contributed by atoms with Crippen LogP contribution in [0.25, 0.3) is 17.0 Å². The van der Waals surface area contributed by atoms with Gasteiger partial charge in [-0.05, 0) is 37.6 Å². The van der Waals surface area contributed by atoms with Gasteiger partial charge in [0.2, 0.25) is 5.91 Å². The number of thiocarbonyl (C=S) groups is 1. The summed E-state index contributed by atoms with van der Waals surface area (Å²) in [7, 11) is 0. The van der Waals surface area contributed by atoms with Crippen LogP contribution in [0.1, 0.15) is 25.0 Å². The molecule has 3 heterocycles. The fourth-order valence-corrected chi connectivity index (χ4v) is 5.04. The summed E-state index contributed by atoms with van der Waals surface area (Å²) >= 11 is 6.78. The lowest BCUT2D eigenvalue weighted by molar-refractivity contribution is -0.131. The molecule has 6 nitrogen and oxygen atoms in total. The molecule has 2 amide bonds. The summed E-state index contributed by atoms with van der Waals surface area (Å²) in [5.41, 5.74) is 2.79. The fourth-order valence-electron chi connectivity index (χ4n) is 3.79. The molecule has 164 valence electrons. The zero-order valence-corrected chi connectivity index (χ0v) is 19.7. The van der Waals surface area contributed by atoms with Gasteiger partial charge < -0.3 is 9.47 Å². The van der Waals surface area contributed by atoms with E-state index in [4.69, 9.17) is 12.2 Å². The first-order chi connectivity index (χ1) is 15.5. The van der Waals surface area contributed by atoms with E-state index >= 15 is 0 Å². The monoisotopic (exact) mass is 464 g/mol. The lowest BCUT2D eigenvalue weighted by Gasteiger charge is -2.19. The highest BCUT2D eigenvalue weighted by Crippen LogP contribution is 2.35. The molecule has 0 atom stereocenters. The maximum Gasteiger partial charge on any atom is 0.266 e. The van der Waals surface area contributed by atoms with Gasteiger partial charge in [0, 0.05) is 48.1 Å². The number of amides is 2. The Balaban J connectivity index is 1.63. The van der Waals surface area contributed by atoms with Gasteiger partial charge in [-0.2, -0.15) is 0 Å². The number of nitrogens with zero attached hydrogens (tertiary/aromatic N) is 4. The predicted octanol–water partition coefficient (Wildman–Crippen LogP) is 4.31. The van der Waals surface area contributed by atoms with Gasteiger partial charge in [0.15, 0.2) is 0 Å². The Kier molecular flexibility index (Phi) is 6.72. The number of benzene rings is 1. The Morgan fingerprint density at radius 2 is 1.97 bits per heavy atom. The minimum atomic E-state index is -0.111. The van der Waals surface area contributed by atoms with Gasteiger partial charge >= 0.3 is 0 Å². The molecule has 0 radical (unpaired) electrons. The van der Waals surface area contributed by atoms with Gasteiger partial charge in [0.25, 0.3) is 5.91 Å². The number of aromatic nitrogens is 2. The van der Waals surface area contributed by atoms with Crippen molar-refractivity contribution in [3.63, 3.8) is 0 Å². The van der Waals surface area contributed by atoms with Crippen molar-refractivity contribution >= 4 is 57.1 Å². The smallest absolute Gasteiger partial charge is 0.266 e. The normalized spacial score (nSPS) is 15.2. The van der Waals surface area contributed by atoms with E-state index in [-0.39, 0.29) is 18.4 Å². The zero-order valence-electron chi connectivity index (χ0n) is 18.0. The molecule has 0 N–H and O–H groups in total. The second-order valence-electron chi connectivity index (χ2n) is 7.42. The fraction of sp³-hybridized carbons (Fsp3) is 0.250. The van der Waals surface area contributed by atoms with E-state index < -0.39 is 0 Å². The van der Waals surface area contributed by atoms with E-state index in [0.29, 0.717) is 28.9 Å². The third-order valence-electron chi connectivity index (χ3n) is 5.46. The summed E-state index contributed by atoms with van der Waals surface area (Å²) in [5.74, 6) is -0.0370. The molecular formula is C24H24N4O2S2. The second kappa shape index (κ2) is 9.67. The summed E-state index contributed by atoms with van der Waals surface area (Å²) in [4.78, 5) is 33.9. The predicted molar refractivity (Wildman–Crippen MR) is 133 cm³/mol. The molecular weight excluding hydrogens is 440 g/mol. The first kappa shape index (κ1) is 22.2. The van der Waals surface area contributed by atoms with Crippen LogP contribution in [0.2, 0.25) is 0 Å². The molecule has 1 aliphatic heterocycles. The second-order valence-corrected chi connectivity index (χ2v) is 9.10. The number of hydrogen-bond donors (Lipinski definition) is 0. The number of likely N-dealkylation sites (N-methyl/N-ethyl adjacent to an activating group) is 1. The lowest BCUT2D eigenvalue weighted by Crippen LogP contribution is -2.33. The highest BCUT2D eigenvalue weighted by Gasteiger charge is 2.32. The van der Waals surface area contributed by atoms with Crippen molar-refractivity contribution in [2.24, 2.45) is 0 Å². The van der Waals surface area contributed by atoms with Gasteiger partial charge in [0.05, 0.1) is 11.4 Å². The molecule has 1 aliphatic rings. The first-order valence-corrected chi connectivity index (χ1v) is 11.7. The number of fused-ring (bicyclic) bond motifs is 1. The standard InChI is InChI=1S/C24H24N4O2S2/c1-3-26(4-2)22(29)16-27-15-18(19-9-5-6-10-20(19)27)12-21-23(30)28(24(31)32-21)14-17-8-7-11-25-13-17/h5-13,15H,3-4,14,16H2,1-2H3/b21-12-. The third-order valence-corrected chi connectivity index (χ3v) is 6.84. The molecule has 1 aromatic carbocycles. The molecule has 0 unspecified atom stereocenters. The highest BCUT2D eigenvalue weighted by molar-refractivity contribution is 8.26. The maximum absolute atomic E-state index is 13.1. The average molecular weight is 465 g/mol. The van der Waals surface area contributed by atoms with Gasteiger partial charge in [0.1, 0.15) is 10.9 Å². The quantitative estimate of drug-likeness (QED) is 0.385. The largest absolute Gasteiger partial charge is 0.342 e. The summed E-state index contributed by atoms with van der Waals surface area (Å²) in [6.45, 7) is 5.98. The number of pyridine rings is 1. The van der Waals surface area contributed by atoms with E-state index in [1.54, 1.807) is 17.3 Å². The number of thioether (sulfide) groups is 1. The topological polar surface area (TPSA) is 58.4 Å². The van der Waals surface area contributed by atoms with Crippen molar-refractivity contribution < 1.29 is 9.59 Å². The number of carbonyl (C=O) groups excluding carboxylic acids is 2. The number of para-hydroxylation sites is 1. The van der Waals surface area contributed by atoms with Crippen molar-refractivity contribution in [2.75, 3.05) is 13.1 Å². The molecule has 3 aromatic rings. The lowest BCUT2D eigenvalue weighted by atomic mass is 10.1. The molecule has 0 aliphatic carbocycles. The molecule has 0 spiro atoms. The summed E-state index contributed by atoms with van der Waals surface area (Å²) < 4.78 is 2.49. The van der Waals surface area contributed by atoms with Crippen LogP contribution in [-0.4, -0.2) is 48.6 Å². The van der Waals surface area contributed by atoms with Gasteiger partial charge in [-0.3, -0.25) is 19.5 Å². The van der Waals surface area contributed by atoms with Gasteiger partial charge in [-0.15, -0.1) is 0 Å². The minimum absolute atomic E-state index is 0.0742. The number of hydrogen-bond acceptors (Lipinski definition) is 5. The number of carbonyl (C=O) groups is 2. The Morgan fingerprint density at radius 1 is 1.19 bits per heavy atom. The van der Waals surface area contributed by atoms with E-state index in [0.717, 1.165) is 22.0 Å². The number of rotatable bonds is 7. The summed E-state index contributed by atoms with van der Waals surface area (Å²) in [6.07, 6.45) is 7.26. The van der Waals surface area contributed by atoms with Crippen LogP contribution in [0.5, 0.6) is 0 Å². The Labute approximate surface area is 196 Å². The van der Waals surface area contributed by atoms with Crippen LogP contribution in [0.4, 0.5) is 0 Å². The maximum atomic E-state index is 13.1. The Morgan fingerprint density at radius 3 is 2.69 bits per heavy atom. The zero-order chi connectivity index (χ0) is 22.7. The van der Waals surface area contributed by atoms with E-state index in [9.17, 15) is 9.59 Å². The minimum Gasteiger partial charge on any atom is -0.342 e. The molecule has 1 saturated heterocycles. The summed E-state index contributed by atoms with van der Waals surface area (Å²) in [6, 6.07) is 11.7. The van der Waals surface area contributed by atoms with Crippen molar-refractivity contribution in [1.82, 2.24) is 19.4 Å². The first-order valence-electron chi connectivity index (χ1n) is 10.5. The molecule has 1 fully saturated rings. The van der Waals surface area contributed by atoms with Gasteiger partial charge in [-0.1, -0.05) is 48.2 Å². The molecule has 0 saturated carbocycles. The Hall–Kier alpha value is -2.97. The van der Waals surface area contributed by atoms with E-state index in [1.807, 2.05) is 72.0 Å². The third kappa shape index (κ3) is 4.47. The SMILES string of the molecule is CCN(CC)C(=O)Cn1cc(/C=C2\SC(=S)N(Cc3cccnc3)C2=O)c2ccccc21. The van der Waals surface area contributed by atoms with Crippen LogP contribution < -0.4 is 0 Å². The molecule has 2 aromatic heterocycles. The molecule has 8 heteroatoms. The van der Waals surface area contributed by atoms with Crippen LogP contribution in [0, 0.1) is 0 Å². The van der Waals surface area contributed by atoms with Crippen LogP contribution in [-0.2, 0) is 22.7 Å². The van der Waals surface area contributed by atoms with E-state index in [2.05, 4.69) is 4.98 Å². The van der Waals surface area contributed by atoms with Crippen molar-refractivity contribution in [2.45, 2.75) is 26.9 Å². The van der Waals surface area contributed by atoms with Crippen molar-refractivity contribution in [3.8, 4) is 0 Å². The van der Waals surface area contributed by atoms with Gasteiger partial charge in [-0.25, -0.2) is 0 Å². The Bertz CT molecular complexity index is 1200. The highest BCUT2D eigenvalue weighted by atomic mass is 32.2. The van der Waals surface area contributed by atoms with Crippen LogP contribution in [0.15, 0.2) is 59.9 Å². The molecule has 4 rings (SSSR count). The van der Waals surface area contributed by atoms with Crippen molar-refractivity contribution in [1.29, 1.82) is 0 Å². The van der Waals surface area contributed by atoms with Crippen LogP contribution >= 0.6 is 24.0 Å².